The van der Waals surface area contributed by atoms with E-state index in [1.54, 1.807) is 12.1 Å². The molecule has 0 unspecified atom stereocenters. The Morgan fingerprint density at radius 3 is 2.10 bits per heavy atom. The van der Waals surface area contributed by atoms with Crippen LogP contribution in [0.3, 0.4) is 0 Å². The molecule has 1 saturated carbocycles. The molecule has 1 aliphatic rings. The van der Waals surface area contributed by atoms with E-state index in [2.05, 4.69) is 49.4 Å². The van der Waals surface area contributed by atoms with Gasteiger partial charge in [0.15, 0.2) is 11.6 Å². The smallest absolute Gasteiger partial charge is 0.166 e. The van der Waals surface area contributed by atoms with Crippen LogP contribution in [0, 0.1) is 11.6 Å². The van der Waals surface area contributed by atoms with E-state index in [9.17, 15) is 8.78 Å². The summed E-state index contributed by atoms with van der Waals surface area (Å²) >= 11 is 0. The van der Waals surface area contributed by atoms with Crippen LogP contribution in [0.2, 0.25) is 0 Å². The summed E-state index contributed by atoms with van der Waals surface area (Å²) in [4.78, 5) is 0. The molecule has 0 aliphatic heterocycles. The molecule has 0 saturated heterocycles. The van der Waals surface area contributed by atoms with Gasteiger partial charge in [0, 0.05) is 5.56 Å². The van der Waals surface area contributed by atoms with Crippen molar-refractivity contribution >= 4 is 0 Å². The molecule has 150 valence electrons. The van der Waals surface area contributed by atoms with Crippen LogP contribution in [0.15, 0.2) is 66.7 Å². The molecule has 3 aromatic rings. The predicted molar refractivity (Wildman–Crippen MR) is 116 cm³/mol. The molecule has 0 atom stereocenters. The number of benzene rings is 3. The normalized spacial score (nSPS) is 21.9. The van der Waals surface area contributed by atoms with E-state index in [0.29, 0.717) is 23.5 Å². The van der Waals surface area contributed by atoms with Crippen LogP contribution >= 0.6 is 0 Å². The van der Waals surface area contributed by atoms with Gasteiger partial charge in [-0.25, -0.2) is 8.78 Å². The number of aryl methyl sites for hydroxylation is 1. The standard InChI is InChI=1S/C27H28F2/c1-3-19-13-14-24(26(29)25(19)28)22-11-9-20(10-12-22)21-15-17-27(2,18-16-21)23-7-5-4-6-8-23/h4-14,21H,3,15-18H2,1-2H3. The maximum atomic E-state index is 14.5. The maximum Gasteiger partial charge on any atom is 0.166 e. The first-order valence-corrected chi connectivity index (χ1v) is 10.6. The lowest BCUT2D eigenvalue weighted by Crippen LogP contribution is -2.27. The monoisotopic (exact) mass is 390 g/mol. The lowest BCUT2D eigenvalue weighted by Gasteiger charge is -2.38. The van der Waals surface area contributed by atoms with Gasteiger partial charge in [-0.15, -0.1) is 0 Å². The van der Waals surface area contributed by atoms with Gasteiger partial charge in [0.05, 0.1) is 0 Å². The summed E-state index contributed by atoms with van der Waals surface area (Å²) in [5.74, 6) is -0.931. The summed E-state index contributed by atoms with van der Waals surface area (Å²) in [7, 11) is 0. The van der Waals surface area contributed by atoms with Crippen molar-refractivity contribution in [3.8, 4) is 11.1 Å². The second-order valence-corrected chi connectivity index (χ2v) is 8.58. The quantitative estimate of drug-likeness (QED) is 0.426. The van der Waals surface area contributed by atoms with E-state index < -0.39 is 11.6 Å². The van der Waals surface area contributed by atoms with Gasteiger partial charge in [-0.2, -0.15) is 0 Å². The van der Waals surface area contributed by atoms with E-state index in [4.69, 9.17) is 0 Å². The van der Waals surface area contributed by atoms with Gasteiger partial charge in [-0.05, 0) is 65.7 Å². The largest absolute Gasteiger partial charge is 0.203 e. The van der Waals surface area contributed by atoms with Crippen LogP contribution in [0.25, 0.3) is 11.1 Å². The van der Waals surface area contributed by atoms with Gasteiger partial charge >= 0.3 is 0 Å². The average molecular weight is 391 g/mol. The van der Waals surface area contributed by atoms with Crippen LogP contribution < -0.4 is 0 Å². The summed E-state index contributed by atoms with van der Waals surface area (Å²) < 4.78 is 28.6. The molecule has 0 bridgehead atoms. The zero-order valence-corrected chi connectivity index (χ0v) is 17.2. The Bertz CT molecular complexity index is 965. The average Bonchev–Trinajstić information content (AvgIpc) is 2.77. The van der Waals surface area contributed by atoms with Crippen LogP contribution in [0.1, 0.15) is 62.1 Å². The van der Waals surface area contributed by atoms with Gasteiger partial charge < -0.3 is 0 Å². The van der Waals surface area contributed by atoms with E-state index in [1.807, 2.05) is 19.1 Å². The third-order valence-electron chi connectivity index (χ3n) is 6.80. The van der Waals surface area contributed by atoms with Crippen LogP contribution in [0.5, 0.6) is 0 Å². The molecule has 0 N–H and O–H groups in total. The predicted octanol–water partition coefficient (Wildman–Crippen LogP) is 7.81. The highest BCUT2D eigenvalue weighted by molar-refractivity contribution is 5.65. The molecule has 4 rings (SSSR count). The van der Waals surface area contributed by atoms with Gasteiger partial charge in [0.2, 0.25) is 0 Å². The first-order valence-electron chi connectivity index (χ1n) is 10.6. The van der Waals surface area contributed by atoms with Gasteiger partial charge in [-0.1, -0.05) is 80.6 Å². The second kappa shape index (κ2) is 8.10. The van der Waals surface area contributed by atoms with Crippen LogP contribution in [0.4, 0.5) is 8.78 Å². The summed E-state index contributed by atoms with van der Waals surface area (Å²) in [6.45, 7) is 4.21. The van der Waals surface area contributed by atoms with E-state index in [1.165, 1.54) is 24.0 Å². The van der Waals surface area contributed by atoms with Crippen molar-refractivity contribution in [1.82, 2.24) is 0 Å². The summed E-state index contributed by atoms with van der Waals surface area (Å²) in [5.41, 5.74) is 4.48. The highest BCUT2D eigenvalue weighted by atomic mass is 19.2. The molecule has 0 radical (unpaired) electrons. The third kappa shape index (κ3) is 3.85. The Labute approximate surface area is 172 Å². The number of rotatable bonds is 4. The summed E-state index contributed by atoms with van der Waals surface area (Å²) in [5, 5.41) is 0. The molecule has 29 heavy (non-hydrogen) atoms. The molecular formula is C27H28F2. The van der Waals surface area contributed by atoms with Crippen molar-refractivity contribution in [3.63, 3.8) is 0 Å². The maximum absolute atomic E-state index is 14.5. The van der Waals surface area contributed by atoms with E-state index in [0.717, 1.165) is 18.4 Å². The van der Waals surface area contributed by atoms with Crippen molar-refractivity contribution < 1.29 is 8.78 Å². The highest BCUT2D eigenvalue weighted by Gasteiger charge is 2.32. The second-order valence-electron chi connectivity index (χ2n) is 8.58. The Hall–Kier alpha value is -2.48. The highest BCUT2D eigenvalue weighted by Crippen LogP contribution is 2.44. The molecule has 1 fully saturated rings. The molecule has 0 amide bonds. The fourth-order valence-corrected chi connectivity index (χ4v) is 4.74. The SMILES string of the molecule is CCc1ccc(-c2ccc(C3CCC(C)(c4ccccc4)CC3)cc2)c(F)c1F. The van der Waals surface area contributed by atoms with Crippen molar-refractivity contribution in [2.75, 3.05) is 0 Å². The lowest BCUT2D eigenvalue weighted by atomic mass is 9.67. The van der Waals surface area contributed by atoms with Gasteiger partial charge in [-0.3, -0.25) is 0 Å². The van der Waals surface area contributed by atoms with E-state index >= 15 is 0 Å². The summed E-state index contributed by atoms with van der Waals surface area (Å²) in [6.07, 6.45) is 5.13. The number of halogens is 2. The number of hydrogen-bond acceptors (Lipinski definition) is 0. The molecule has 0 aromatic heterocycles. The fourth-order valence-electron chi connectivity index (χ4n) is 4.74. The van der Waals surface area contributed by atoms with Crippen LogP contribution in [-0.2, 0) is 11.8 Å². The minimum atomic E-state index is -0.742. The molecule has 1 aliphatic carbocycles. The topological polar surface area (TPSA) is 0 Å². The Morgan fingerprint density at radius 1 is 0.828 bits per heavy atom. The minimum Gasteiger partial charge on any atom is -0.203 e. The van der Waals surface area contributed by atoms with Crippen molar-refractivity contribution in [1.29, 1.82) is 0 Å². The zero-order chi connectivity index (χ0) is 20.4. The van der Waals surface area contributed by atoms with Gasteiger partial charge in [0.25, 0.3) is 0 Å². The number of hydrogen-bond donors (Lipinski definition) is 0. The Balaban J connectivity index is 1.49. The molecule has 3 aromatic carbocycles. The van der Waals surface area contributed by atoms with Crippen LogP contribution in [-0.4, -0.2) is 0 Å². The summed E-state index contributed by atoms with van der Waals surface area (Å²) in [6, 6.07) is 22.2. The molecule has 2 heteroatoms. The van der Waals surface area contributed by atoms with Gasteiger partial charge in [0.1, 0.15) is 0 Å². The zero-order valence-electron chi connectivity index (χ0n) is 17.2. The first-order chi connectivity index (χ1) is 14.0. The van der Waals surface area contributed by atoms with Crippen molar-refractivity contribution in [2.24, 2.45) is 0 Å². The van der Waals surface area contributed by atoms with Crippen molar-refractivity contribution in [3.05, 3.63) is 95.1 Å². The van der Waals surface area contributed by atoms with E-state index in [-0.39, 0.29) is 5.41 Å². The molecule has 0 spiro atoms. The molecule has 0 heterocycles. The molecular weight excluding hydrogens is 362 g/mol. The Kier molecular flexibility index (Phi) is 5.54. The third-order valence-corrected chi connectivity index (χ3v) is 6.80. The fraction of sp³-hybridized carbons (Fsp3) is 0.333. The Morgan fingerprint density at radius 2 is 1.48 bits per heavy atom. The first kappa shape index (κ1) is 19.8. The van der Waals surface area contributed by atoms with Crippen molar-refractivity contribution in [2.45, 2.75) is 57.3 Å². The minimum absolute atomic E-state index is 0.249. The lowest BCUT2D eigenvalue weighted by molar-refractivity contribution is 0.292. The molecule has 0 nitrogen and oxygen atoms in total.